The summed E-state index contributed by atoms with van der Waals surface area (Å²) in [6.07, 6.45) is 4.46. The molecular weight excluding hydrogens is 444 g/mol. The first-order valence-electron chi connectivity index (χ1n) is 10.8. The summed E-state index contributed by atoms with van der Waals surface area (Å²) < 4.78 is 11.4. The number of anilines is 2. The smallest absolute Gasteiger partial charge is 0.232 e. The molecule has 5 rings (SSSR count). The van der Waals surface area contributed by atoms with Gasteiger partial charge in [-0.3, -0.25) is 9.59 Å². The summed E-state index contributed by atoms with van der Waals surface area (Å²) in [7, 11) is 0. The molecule has 0 fully saturated rings. The first kappa shape index (κ1) is 21.8. The molecule has 0 saturated heterocycles. The standard InChI is InChI=1S/C27H20N4O4/c1-17-10-11-20(28-13-18(15-32)26-30-21-6-2-4-8-24(21)34-26)12-23(17)29-14-19(16-33)27-31-22-7-3-5-9-25(22)35-27/h2-16,28-29H,1H3. The number of nitrogens with one attached hydrogen (secondary N) is 2. The zero-order chi connectivity index (χ0) is 24.2. The van der Waals surface area contributed by atoms with E-state index in [0.29, 0.717) is 34.8 Å². The lowest BCUT2D eigenvalue weighted by Crippen LogP contribution is -1.98. The van der Waals surface area contributed by atoms with Crippen LogP contribution in [0.5, 0.6) is 0 Å². The molecule has 2 heterocycles. The highest BCUT2D eigenvalue weighted by molar-refractivity contribution is 6.06. The third-order valence-corrected chi connectivity index (χ3v) is 5.35. The highest BCUT2D eigenvalue weighted by atomic mass is 16.4. The Hall–Kier alpha value is -4.98. The number of oxazole rings is 2. The minimum Gasteiger partial charge on any atom is -0.436 e. The number of aromatic nitrogens is 2. The number of rotatable bonds is 8. The molecule has 2 N–H and O–H groups in total. The molecule has 0 radical (unpaired) electrons. The minimum absolute atomic E-state index is 0.232. The van der Waals surface area contributed by atoms with Crippen molar-refractivity contribution in [1.82, 2.24) is 9.97 Å². The predicted molar refractivity (Wildman–Crippen MR) is 135 cm³/mol. The van der Waals surface area contributed by atoms with Crippen molar-refractivity contribution in [3.05, 3.63) is 96.5 Å². The van der Waals surface area contributed by atoms with Gasteiger partial charge in [0.05, 0.1) is 11.1 Å². The van der Waals surface area contributed by atoms with Crippen molar-refractivity contribution in [3.8, 4) is 0 Å². The van der Waals surface area contributed by atoms with Crippen molar-refractivity contribution in [2.24, 2.45) is 0 Å². The van der Waals surface area contributed by atoms with Gasteiger partial charge in [-0.05, 0) is 48.9 Å². The minimum atomic E-state index is 0.232. The molecule has 2 aromatic heterocycles. The Bertz CT molecular complexity index is 1540. The fourth-order valence-corrected chi connectivity index (χ4v) is 3.47. The summed E-state index contributed by atoms with van der Waals surface area (Å²) in [5, 5.41) is 6.25. The average Bonchev–Trinajstić information content (AvgIpc) is 3.50. The van der Waals surface area contributed by atoms with Crippen LogP contribution in [0.25, 0.3) is 33.3 Å². The topological polar surface area (TPSA) is 110 Å². The Kier molecular flexibility index (Phi) is 5.92. The van der Waals surface area contributed by atoms with Crippen LogP contribution in [0.2, 0.25) is 0 Å². The van der Waals surface area contributed by atoms with Crippen molar-refractivity contribution in [1.29, 1.82) is 0 Å². The molecule has 0 amide bonds. The van der Waals surface area contributed by atoms with E-state index in [1.807, 2.05) is 61.5 Å². The molecule has 0 aliphatic rings. The fraction of sp³-hybridized carbons (Fsp3) is 0.0370. The quantitative estimate of drug-likeness (QED) is 0.226. The summed E-state index contributed by atoms with van der Waals surface area (Å²) in [4.78, 5) is 32.1. The van der Waals surface area contributed by atoms with Crippen LogP contribution in [0.1, 0.15) is 17.3 Å². The molecule has 0 atom stereocenters. The average molecular weight is 464 g/mol. The molecule has 5 aromatic rings. The van der Waals surface area contributed by atoms with Gasteiger partial charge in [-0.1, -0.05) is 30.3 Å². The number of carbonyl (C=O) groups is 2. The van der Waals surface area contributed by atoms with Gasteiger partial charge in [-0.2, -0.15) is 0 Å². The Balaban J connectivity index is 1.36. The second-order valence-corrected chi connectivity index (χ2v) is 7.73. The first-order chi connectivity index (χ1) is 17.1. The van der Waals surface area contributed by atoms with E-state index in [0.717, 1.165) is 16.9 Å². The van der Waals surface area contributed by atoms with Gasteiger partial charge in [0.25, 0.3) is 0 Å². The van der Waals surface area contributed by atoms with Crippen LogP contribution in [0.3, 0.4) is 0 Å². The predicted octanol–water partition coefficient (Wildman–Crippen LogP) is 5.58. The lowest BCUT2D eigenvalue weighted by molar-refractivity contribution is -0.104. The highest BCUT2D eigenvalue weighted by Gasteiger charge is 2.12. The molecule has 0 aliphatic heterocycles. The number of aryl methyl sites for hydroxylation is 1. The van der Waals surface area contributed by atoms with Crippen molar-refractivity contribution in [2.45, 2.75) is 6.92 Å². The van der Waals surface area contributed by atoms with Gasteiger partial charge in [0.15, 0.2) is 23.7 Å². The Labute approximate surface area is 200 Å². The number of hydrogen-bond donors (Lipinski definition) is 2. The maximum Gasteiger partial charge on any atom is 0.232 e. The normalized spacial score (nSPS) is 12.1. The van der Waals surface area contributed by atoms with E-state index >= 15 is 0 Å². The third-order valence-electron chi connectivity index (χ3n) is 5.35. The maximum absolute atomic E-state index is 11.7. The molecule has 3 aromatic carbocycles. The van der Waals surface area contributed by atoms with E-state index in [1.54, 1.807) is 18.3 Å². The molecule has 0 spiro atoms. The zero-order valence-electron chi connectivity index (χ0n) is 18.7. The molecule has 0 saturated carbocycles. The molecule has 0 unspecified atom stereocenters. The Morgan fingerprint density at radius 2 is 1.29 bits per heavy atom. The van der Waals surface area contributed by atoms with Crippen molar-refractivity contribution >= 4 is 57.3 Å². The third kappa shape index (κ3) is 4.58. The van der Waals surface area contributed by atoms with Crippen molar-refractivity contribution < 1.29 is 18.4 Å². The number of benzene rings is 3. The van der Waals surface area contributed by atoms with E-state index < -0.39 is 0 Å². The maximum atomic E-state index is 11.7. The van der Waals surface area contributed by atoms with Crippen LogP contribution in [-0.4, -0.2) is 22.5 Å². The van der Waals surface area contributed by atoms with Crippen LogP contribution in [0, 0.1) is 6.92 Å². The molecule has 172 valence electrons. The van der Waals surface area contributed by atoms with E-state index in [9.17, 15) is 9.59 Å². The highest BCUT2D eigenvalue weighted by Crippen LogP contribution is 2.24. The van der Waals surface area contributed by atoms with Crippen LogP contribution >= 0.6 is 0 Å². The number of carbonyl (C=O) groups excluding carboxylic acids is 2. The summed E-state index contributed by atoms with van der Waals surface area (Å²) in [5.74, 6) is 0.466. The number of nitrogens with zero attached hydrogens (tertiary/aromatic N) is 2. The second-order valence-electron chi connectivity index (χ2n) is 7.73. The monoisotopic (exact) mass is 464 g/mol. The lowest BCUT2D eigenvalue weighted by Gasteiger charge is -2.09. The molecule has 8 heteroatoms. The van der Waals surface area contributed by atoms with Gasteiger partial charge in [-0.15, -0.1) is 0 Å². The second kappa shape index (κ2) is 9.48. The van der Waals surface area contributed by atoms with Crippen LogP contribution in [-0.2, 0) is 9.59 Å². The number of para-hydroxylation sites is 4. The zero-order valence-corrected chi connectivity index (χ0v) is 18.7. The summed E-state index contributed by atoms with van der Waals surface area (Å²) in [6.45, 7) is 1.94. The number of hydrogen-bond acceptors (Lipinski definition) is 8. The molecule has 0 aliphatic carbocycles. The van der Waals surface area contributed by atoms with E-state index in [1.165, 1.54) is 6.20 Å². The molecule has 35 heavy (non-hydrogen) atoms. The molecule has 8 nitrogen and oxygen atoms in total. The fourth-order valence-electron chi connectivity index (χ4n) is 3.47. The van der Waals surface area contributed by atoms with Crippen molar-refractivity contribution in [2.75, 3.05) is 10.6 Å². The van der Waals surface area contributed by atoms with Gasteiger partial charge in [0.2, 0.25) is 11.8 Å². The summed E-state index contributed by atoms with van der Waals surface area (Å²) in [6, 6.07) is 20.3. The van der Waals surface area contributed by atoms with Gasteiger partial charge in [0.1, 0.15) is 11.0 Å². The number of allylic oxidation sites excluding steroid dienone is 2. The summed E-state index contributed by atoms with van der Waals surface area (Å²) in [5.41, 5.74) is 5.54. The van der Waals surface area contributed by atoms with Crippen molar-refractivity contribution in [3.63, 3.8) is 0 Å². The molecule has 0 bridgehead atoms. The lowest BCUT2D eigenvalue weighted by atomic mass is 10.1. The van der Waals surface area contributed by atoms with Gasteiger partial charge < -0.3 is 19.5 Å². The van der Waals surface area contributed by atoms with Crippen LogP contribution < -0.4 is 10.6 Å². The van der Waals surface area contributed by atoms with E-state index in [4.69, 9.17) is 8.83 Å². The number of aldehydes is 2. The van der Waals surface area contributed by atoms with Crippen LogP contribution in [0.4, 0.5) is 11.4 Å². The van der Waals surface area contributed by atoms with Gasteiger partial charge >= 0.3 is 0 Å². The Morgan fingerprint density at radius 1 is 0.743 bits per heavy atom. The van der Waals surface area contributed by atoms with Gasteiger partial charge in [0, 0.05) is 23.8 Å². The molecular formula is C27H20N4O4. The van der Waals surface area contributed by atoms with E-state index in [-0.39, 0.29) is 22.9 Å². The summed E-state index contributed by atoms with van der Waals surface area (Å²) >= 11 is 0. The van der Waals surface area contributed by atoms with Crippen LogP contribution in [0.15, 0.2) is 88.0 Å². The first-order valence-corrected chi connectivity index (χ1v) is 10.8. The SMILES string of the molecule is Cc1ccc(NC=C(C=O)c2nc3ccccc3o2)cc1NC=C(C=O)c1nc2ccccc2o1. The number of fused-ring (bicyclic) bond motifs is 2. The largest absolute Gasteiger partial charge is 0.436 e. The van der Waals surface area contributed by atoms with E-state index in [2.05, 4.69) is 20.6 Å². The Morgan fingerprint density at radius 3 is 1.83 bits per heavy atom. The van der Waals surface area contributed by atoms with Gasteiger partial charge in [-0.25, -0.2) is 9.97 Å².